The Bertz CT molecular complexity index is 451. The second kappa shape index (κ2) is 6.59. The zero-order valence-electron chi connectivity index (χ0n) is 10.3. The molecular formula is C13H18NO2P. The van der Waals surface area contributed by atoms with Crippen molar-refractivity contribution in [2.24, 2.45) is 0 Å². The van der Waals surface area contributed by atoms with E-state index >= 15 is 0 Å². The molecule has 0 spiro atoms. The summed E-state index contributed by atoms with van der Waals surface area (Å²) in [6.07, 6.45) is 2.32. The van der Waals surface area contributed by atoms with Crippen molar-refractivity contribution in [3.63, 3.8) is 0 Å². The van der Waals surface area contributed by atoms with Crippen LogP contribution in [0.25, 0.3) is 0 Å². The molecule has 0 aliphatic rings. The highest BCUT2D eigenvalue weighted by Gasteiger charge is 2.26. The average molecular weight is 251 g/mol. The van der Waals surface area contributed by atoms with Crippen LogP contribution in [-0.2, 0) is 9.09 Å². The lowest BCUT2D eigenvalue weighted by atomic mass is 10.2. The highest BCUT2D eigenvalue weighted by molar-refractivity contribution is 7.67. The van der Waals surface area contributed by atoms with Crippen LogP contribution in [0.3, 0.4) is 0 Å². The molecule has 0 radical (unpaired) electrons. The normalized spacial score (nSPS) is 13.9. The van der Waals surface area contributed by atoms with E-state index in [1.165, 1.54) is 0 Å². The number of hydrogen-bond acceptors (Lipinski definition) is 3. The smallest absolute Gasteiger partial charge is 0.233 e. The molecule has 0 heterocycles. The first-order chi connectivity index (χ1) is 8.18. The molecule has 0 fully saturated rings. The third-order valence-electron chi connectivity index (χ3n) is 2.61. The van der Waals surface area contributed by atoms with Crippen LogP contribution in [0, 0.1) is 11.3 Å². The van der Waals surface area contributed by atoms with Crippen LogP contribution in [-0.4, -0.2) is 12.8 Å². The monoisotopic (exact) mass is 251 g/mol. The van der Waals surface area contributed by atoms with Crippen LogP contribution in [0.5, 0.6) is 0 Å². The minimum absolute atomic E-state index is 0.426. The zero-order valence-corrected chi connectivity index (χ0v) is 11.2. The van der Waals surface area contributed by atoms with Crippen LogP contribution in [0.4, 0.5) is 0 Å². The maximum absolute atomic E-state index is 12.7. The summed E-state index contributed by atoms with van der Waals surface area (Å²) in [7, 11) is -2.86. The van der Waals surface area contributed by atoms with Crippen molar-refractivity contribution in [1.29, 1.82) is 5.26 Å². The van der Waals surface area contributed by atoms with Crippen molar-refractivity contribution >= 4 is 12.7 Å². The average Bonchev–Trinajstić information content (AvgIpc) is 2.38. The largest absolute Gasteiger partial charge is 0.325 e. The van der Waals surface area contributed by atoms with Gasteiger partial charge in [0, 0.05) is 6.16 Å². The third kappa shape index (κ3) is 3.43. The molecule has 17 heavy (non-hydrogen) atoms. The first-order valence-electron chi connectivity index (χ1n) is 5.91. The lowest BCUT2D eigenvalue weighted by Gasteiger charge is -2.18. The van der Waals surface area contributed by atoms with E-state index in [-0.39, 0.29) is 0 Å². The number of rotatable bonds is 6. The Kier molecular flexibility index (Phi) is 5.41. The van der Waals surface area contributed by atoms with Gasteiger partial charge in [-0.3, -0.25) is 4.57 Å². The topological polar surface area (TPSA) is 50.1 Å². The molecule has 1 unspecified atom stereocenters. The van der Waals surface area contributed by atoms with Gasteiger partial charge in [-0.2, -0.15) is 5.26 Å². The second-order valence-electron chi connectivity index (χ2n) is 3.81. The highest BCUT2D eigenvalue weighted by Crippen LogP contribution is 2.46. The Labute approximate surface area is 103 Å². The Morgan fingerprint density at radius 3 is 2.65 bits per heavy atom. The minimum atomic E-state index is -2.86. The molecule has 0 bridgehead atoms. The first kappa shape index (κ1) is 14.0. The molecule has 0 aliphatic carbocycles. The molecule has 3 nitrogen and oxygen atoms in total. The molecule has 1 aromatic rings. The SMILES string of the molecule is CCCCOP(=O)(CC)c1ccccc1C#N. The van der Waals surface area contributed by atoms with E-state index in [1.54, 1.807) is 24.3 Å². The number of benzene rings is 1. The Morgan fingerprint density at radius 1 is 1.35 bits per heavy atom. The van der Waals surface area contributed by atoms with E-state index < -0.39 is 7.37 Å². The molecule has 1 rings (SSSR count). The highest BCUT2D eigenvalue weighted by atomic mass is 31.2. The van der Waals surface area contributed by atoms with E-state index in [1.807, 2.05) is 6.92 Å². The fourth-order valence-electron chi connectivity index (χ4n) is 1.55. The zero-order chi connectivity index (χ0) is 12.7. The van der Waals surface area contributed by atoms with Crippen molar-refractivity contribution in [3.8, 4) is 6.07 Å². The summed E-state index contributed by atoms with van der Waals surface area (Å²) in [6, 6.07) is 9.05. The Balaban J connectivity index is 3.00. The van der Waals surface area contributed by atoms with Crippen molar-refractivity contribution in [2.45, 2.75) is 26.7 Å². The summed E-state index contributed by atoms with van der Waals surface area (Å²) in [5.41, 5.74) is 0.453. The molecule has 0 amide bonds. The maximum atomic E-state index is 12.7. The van der Waals surface area contributed by atoms with Gasteiger partial charge in [0.25, 0.3) is 0 Å². The predicted octanol–water partition coefficient (Wildman–Crippen LogP) is 3.30. The summed E-state index contributed by atoms with van der Waals surface area (Å²) in [5.74, 6) is 0. The molecular weight excluding hydrogens is 233 g/mol. The van der Waals surface area contributed by atoms with Gasteiger partial charge >= 0.3 is 0 Å². The molecule has 0 saturated heterocycles. The lowest BCUT2D eigenvalue weighted by Crippen LogP contribution is -2.13. The quantitative estimate of drug-likeness (QED) is 0.575. The van der Waals surface area contributed by atoms with Crippen molar-refractivity contribution < 1.29 is 9.09 Å². The van der Waals surface area contributed by atoms with E-state index in [9.17, 15) is 4.57 Å². The third-order valence-corrected chi connectivity index (χ3v) is 5.16. The maximum Gasteiger partial charge on any atom is 0.233 e. The molecule has 0 N–H and O–H groups in total. The molecule has 4 heteroatoms. The number of nitrogens with zero attached hydrogens (tertiary/aromatic N) is 1. The summed E-state index contributed by atoms with van der Waals surface area (Å²) in [4.78, 5) is 0. The van der Waals surface area contributed by atoms with E-state index in [2.05, 4.69) is 13.0 Å². The first-order valence-corrected chi connectivity index (χ1v) is 7.72. The molecule has 1 atom stereocenters. The van der Waals surface area contributed by atoms with Gasteiger partial charge in [-0.15, -0.1) is 0 Å². The summed E-state index contributed by atoms with van der Waals surface area (Å²) in [5, 5.41) is 9.58. The minimum Gasteiger partial charge on any atom is -0.325 e. The van der Waals surface area contributed by atoms with Gasteiger partial charge < -0.3 is 4.52 Å². The van der Waals surface area contributed by atoms with E-state index in [4.69, 9.17) is 9.79 Å². The molecule has 0 aromatic heterocycles. The number of unbranched alkanes of at least 4 members (excludes halogenated alkanes) is 1. The van der Waals surface area contributed by atoms with Gasteiger partial charge in [-0.25, -0.2) is 0 Å². The summed E-state index contributed by atoms with van der Waals surface area (Å²) >= 11 is 0. The Hall–Kier alpha value is -1.10. The fourth-order valence-corrected chi connectivity index (χ4v) is 3.44. The van der Waals surface area contributed by atoms with Crippen LogP contribution in [0.2, 0.25) is 0 Å². The molecule has 0 saturated carbocycles. The van der Waals surface area contributed by atoms with E-state index in [0.717, 1.165) is 12.8 Å². The number of nitriles is 1. The summed E-state index contributed by atoms with van der Waals surface area (Å²) < 4.78 is 18.2. The molecule has 0 aliphatic heterocycles. The van der Waals surface area contributed by atoms with Crippen LogP contribution < -0.4 is 5.30 Å². The van der Waals surface area contributed by atoms with Gasteiger partial charge in [0.2, 0.25) is 7.37 Å². The molecule has 1 aromatic carbocycles. The van der Waals surface area contributed by atoms with Crippen LogP contribution >= 0.6 is 7.37 Å². The van der Waals surface area contributed by atoms with Crippen LogP contribution in [0.1, 0.15) is 32.3 Å². The summed E-state index contributed by atoms with van der Waals surface area (Å²) in [6.45, 7) is 4.38. The van der Waals surface area contributed by atoms with Gasteiger partial charge in [-0.05, 0) is 18.6 Å². The van der Waals surface area contributed by atoms with Gasteiger partial charge in [0.05, 0.1) is 23.5 Å². The van der Waals surface area contributed by atoms with Gasteiger partial charge in [0.1, 0.15) is 0 Å². The van der Waals surface area contributed by atoms with Crippen molar-refractivity contribution in [2.75, 3.05) is 12.8 Å². The van der Waals surface area contributed by atoms with Crippen LogP contribution in [0.15, 0.2) is 24.3 Å². The van der Waals surface area contributed by atoms with E-state index in [0.29, 0.717) is 23.6 Å². The van der Waals surface area contributed by atoms with Crippen molar-refractivity contribution in [3.05, 3.63) is 29.8 Å². The van der Waals surface area contributed by atoms with Gasteiger partial charge in [0.15, 0.2) is 0 Å². The van der Waals surface area contributed by atoms with Crippen molar-refractivity contribution in [1.82, 2.24) is 0 Å². The standard InChI is InChI=1S/C13H18NO2P/c1-3-5-10-16-17(15,4-2)13-9-7-6-8-12(13)11-14/h6-9H,3-5,10H2,1-2H3. The number of hydrogen-bond donors (Lipinski definition) is 0. The fraction of sp³-hybridized carbons (Fsp3) is 0.462. The van der Waals surface area contributed by atoms with Gasteiger partial charge in [-0.1, -0.05) is 32.4 Å². The lowest BCUT2D eigenvalue weighted by molar-refractivity contribution is 0.313. The molecule has 92 valence electrons. The Morgan fingerprint density at radius 2 is 2.06 bits per heavy atom. The predicted molar refractivity (Wildman–Crippen MR) is 69.8 cm³/mol. The second-order valence-corrected chi connectivity index (χ2v) is 6.52.